The molecule has 0 amide bonds. The topological polar surface area (TPSA) is 12.5 Å². The molecule has 1 aromatic carbocycles. The number of piperidine rings is 1. The first kappa shape index (κ1) is 18.5. The summed E-state index contributed by atoms with van der Waals surface area (Å²) >= 11 is 0. The van der Waals surface area contributed by atoms with E-state index in [1.54, 1.807) is 0 Å². The second kappa shape index (κ2) is 11.6. The van der Waals surface area contributed by atoms with Crippen LogP contribution in [0.3, 0.4) is 0 Å². The Bertz CT molecular complexity index is 412. The summed E-state index contributed by atoms with van der Waals surface area (Å²) < 4.78 is 5.79. The highest BCUT2D eigenvalue weighted by Crippen LogP contribution is 2.13. The van der Waals surface area contributed by atoms with Crippen molar-refractivity contribution in [2.45, 2.75) is 58.3 Å². The van der Waals surface area contributed by atoms with E-state index in [4.69, 9.17) is 4.74 Å². The van der Waals surface area contributed by atoms with E-state index in [1.807, 2.05) is 0 Å². The lowest BCUT2D eigenvalue weighted by atomic mass is 10.0. The predicted octanol–water partition coefficient (Wildman–Crippen LogP) is 4.67. The Kier molecular flexibility index (Phi) is 9.35. The van der Waals surface area contributed by atoms with Crippen LogP contribution in [-0.2, 0) is 17.6 Å². The van der Waals surface area contributed by atoms with Crippen LogP contribution in [0.25, 0.3) is 0 Å². The Morgan fingerprint density at radius 3 is 2.35 bits per heavy atom. The van der Waals surface area contributed by atoms with Crippen molar-refractivity contribution in [3.05, 3.63) is 41.8 Å². The molecular weight excluding hydrogens is 282 g/mol. The van der Waals surface area contributed by atoms with Gasteiger partial charge in [0.05, 0.1) is 0 Å². The molecular formula is C21H34NO. The molecule has 0 aromatic heterocycles. The summed E-state index contributed by atoms with van der Waals surface area (Å²) in [4.78, 5) is 2.59. The lowest BCUT2D eigenvalue weighted by Crippen LogP contribution is -2.30. The van der Waals surface area contributed by atoms with E-state index in [1.165, 1.54) is 75.7 Å². The fourth-order valence-corrected chi connectivity index (χ4v) is 3.33. The van der Waals surface area contributed by atoms with Crippen molar-refractivity contribution in [2.75, 3.05) is 32.8 Å². The zero-order chi connectivity index (χ0) is 16.2. The number of likely N-dealkylation sites (tertiary alicyclic amines) is 1. The summed E-state index contributed by atoms with van der Waals surface area (Å²) in [6, 6.07) is 8.84. The summed E-state index contributed by atoms with van der Waals surface area (Å²) in [5.74, 6) is 0. The van der Waals surface area contributed by atoms with Gasteiger partial charge in [0, 0.05) is 13.2 Å². The first-order valence-electron chi connectivity index (χ1n) is 9.58. The molecule has 0 bridgehead atoms. The van der Waals surface area contributed by atoms with Crippen LogP contribution in [-0.4, -0.2) is 37.7 Å². The SMILES string of the molecule is CCc1ccccc1CCCCOCCCCN1CC[CH]CC1. The van der Waals surface area contributed by atoms with Crippen LogP contribution in [0.15, 0.2) is 24.3 Å². The Labute approximate surface area is 143 Å². The Morgan fingerprint density at radius 2 is 1.61 bits per heavy atom. The number of hydrogen-bond acceptors (Lipinski definition) is 2. The summed E-state index contributed by atoms with van der Waals surface area (Å²) in [7, 11) is 0. The van der Waals surface area contributed by atoms with Gasteiger partial charge in [-0.3, -0.25) is 0 Å². The number of aryl methyl sites for hydroxylation is 2. The van der Waals surface area contributed by atoms with Crippen molar-refractivity contribution >= 4 is 0 Å². The molecule has 1 aliphatic heterocycles. The molecule has 0 aliphatic carbocycles. The average Bonchev–Trinajstić information content (AvgIpc) is 2.61. The van der Waals surface area contributed by atoms with E-state index < -0.39 is 0 Å². The Morgan fingerprint density at radius 1 is 0.913 bits per heavy atom. The van der Waals surface area contributed by atoms with Crippen LogP contribution in [0.1, 0.15) is 56.6 Å². The van der Waals surface area contributed by atoms with Crippen molar-refractivity contribution in [1.82, 2.24) is 4.90 Å². The van der Waals surface area contributed by atoms with Crippen LogP contribution in [0, 0.1) is 6.42 Å². The number of benzene rings is 1. The van der Waals surface area contributed by atoms with Crippen LogP contribution < -0.4 is 0 Å². The highest BCUT2D eigenvalue weighted by Gasteiger charge is 2.08. The van der Waals surface area contributed by atoms with Gasteiger partial charge in [-0.2, -0.15) is 0 Å². The average molecular weight is 317 g/mol. The zero-order valence-corrected chi connectivity index (χ0v) is 14.9. The quantitative estimate of drug-likeness (QED) is 0.550. The smallest absolute Gasteiger partial charge is 0.0466 e. The summed E-state index contributed by atoms with van der Waals surface area (Å²) in [6.07, 6.45) is 12.2. The van der Waals surface area contributed by atoms with Gasteiger partial charge in [0.25, 0.3) is 0 Å². The van der Waals surface area contributed by atoms with Gasteiger partial charge in [-0.05, 0) is 88.5 Å². The molecule has 1 heterocycles. The van der Waals surface area contributed by atoms with Crippen LogP contribution >= 0.6 is 0 Å². The third-order valence-corrected chi connectivity index (χ3v) is 4.80. The van der Waals surface area contributed by atoms with Crippen molar-refractivity contribution < 1.29 is 4.74 Å². The van der Waals surface area contributed by atoms with E-state index in [9.17, 15) is 0 Å². The van der Waals surface area contributed by atoms with E-state index in [2.05, 4.69) is 42.5 Å². The van der Waals surface area contributed by atoms with Crippen LogP contribution in [0.4, 0.5) is 0 Å². The fraction of sp³-hybridized carbons (Fsp3) is 0.667. The minimum absolute atomic E-state index is 0.924. The highest BCUT2D eigenvalue weighted by atomic mass is 16.5. The van der Waals surface area contributed by atoms with Gasteiger partial charge in [0.15, 0.2) is 0 Å². The fourth-order valence-electron chi connectivity index (χ4n) is 3.33. The number of rotatable bonds is 11. The molecule has 0 atom stereocenters. The summed E-state index contributed by atoms with van der Waals surface area (Å²) in [5.41, 5.74) is 3.03. The molecule has 1 fully saturated rings. The molecule has 0 unspecified atom stereocenters. The monoisotopic (exact) mass is 316 g/mol. The van der Waals surface area contributed by atoms with E-state index in [0.29, 0.717) is 0 Å². The maximum absolute atomic E-state index is 5.79. The maximum atomic E-state index is 5.79. The third-order valence-electron chi connectivity index (χ3n) is 4.80. The summed E-state index contributed by atoms with van der Waals surface area (Å²) in [5, 5.41) is 0. The van der Waals surface area contributed by atoms with Gasteiger partial charge in [0.1, 0.15) is 0 Å². The Hall–Kier alpha value is -0.860. The molecule has 1 radical (unpaired) electrons. The lowest BCUT2D eigenvalue weighted by molar-refractivity contribution is 0.123. The molecule has 1 saturated heterocycles. The van der Waals surface area contributed by atoms with Crippen molar-refractivity contribution in [3.8, 4) is 0 Å². The molecule has 0 N–H and O–H groups in total. The third kappa shape index (κ3) is 7.50. The normalized spacial score (nSPS) is 15.9. The van der Waals surface area contributed by atoms with Gasteiger partial charge in [-0.25, -0.2) is 0 Å². The van der Waals surface area contributed by atoms with E-state index >= 15 is 0 Å². The molecule has 2 rings (SSSR count). The number of ether oxygens (including phenoxy) is 1. The second-order valence-corrected chi connectivity index (χ2v) is 6.61. The largest absolute Gasteiger partial charge is 0.381 e. The minimum Gasteiger partial charge on any atom is -0.381 e. The molecule has 1 aromatic rings. The minimum atomic E-state index is 0.924. The van der Waals surface area contributed by atoms with Crippen LogP contribution in [0.2, 0.25) is 0 Å². The molecule has 129 valence electrons. The molecule has 23 heavy (non-hydrogen) atoms. The predicted molar refractivity (Wildman–Crippen MR) is 98.8 cm³/mol. The van der Waals surface area contributed by atoms with E-state index in [0.717, 1.165) is 19.6 Å². The van der Waals surface area contributed by atoms with Gasteiger partial charge in [0.2, 0.25) is 0 Å². The first-order chi connectivity index (χ1) is 11.4. The molecule has 0 saturated carbocycles. The molecule has 0 spiro atoms. The van der Waals surface area contributed by atoms with Gasteiger partial charge in [-0.1, -0.05) is 31.2 Å². The van der Waals surface area contributed by atoms with E-state index in [-0.39, 0.29) is 0 Å². The van der Waals surface area contributed by atoms with Gasteiger partial charge >= 0.3 is 0 Å². The van der Waals surface area contributed by atoms with Crippen molar-refractivity contribution in [3.63, 3.8) is 0 Å². The maximum Gasteiger partial charge on any atom is 0.0466 e. The van der Waals surface area contributed by atoms with Crippen molar-refractivity contribution in [1.29, 1.82) is 0 Å². The lowest BCUT2D eigenvalue weighted by Gasteiger charge is -2.26. The van der Waals surface area contributed by atoms with Crippen molar-refractivity contribution in [2.24, 2.45) is 0 Å². The molecule has 2 nitrogen and oxygen atoms in total. The summed E-state index contributed by atoms with van der Waals surface area (Å²) in [6.45, 7) is 7.88. The van der Waals surface area contributed by atoms with Crippen LogP contribution in [0.5, 0.6) is 0 Å². The first-order valence-corrected chi connectivity index (χ1v) is 9.58. The van der Waals surface area contributed by atoms with Gasteiger partial charge < -0.3 is 9.64 Å². The molecule has 1 aliphatic rings. The number of unbranched alkanes of at least 4 members (excludes halogenated alkanes) is 2. The zero-order valence-electron chi connectivity index (χ0n) is 14.9. The second-order valence-electron chi connectivity index (χ2n) is 6.61. The number of hydrogen-bond donors (Lipinski definition) is 0. The highest BCUT2D eigenvalue weighted by molar-refractivity contribution is 5.26. The van der Waals surface area contributed by atoms with Gasteiger partial charge in [-0.15, -0.1) is 0 Å². The number of nitrogens with zero attached hydrogens (tertiary/aromatic N) is 1. The Balaban J connectivity index is 1.42. The standard InChI is InChI=1S/C21H34NO/c1-2-20-12-4-5-13-21(20)14-6-10-18-23-19-11-9-17-22-15-7-3-8-16-22/h3-5,12-13H,2,6-11,14-19H2,1H3. The molecule has 2 heteroatoms.